The van der Waals surface area contributed by atoms with Crippen molar-refractivity contribution in [3.8, 4) is 5.69 Å². The van der Waals surface area contributed by atoms with Crippen LogP contribution in [0.25, 0.3) is 27.6 Å². The number of fused-ring (bicyclic) bond motifs is 3. The second kappa shape index (κ2) is 7.65. The number of nitrogens with zero attached hydrogens (tertiary/aromatic N) is 3. The van der Waals surface area contributed by atoms with Crippen molar-refractivity contribution in [1.29, 1.82) is 0 Å². The number of nitrogens with one attached hydrogen (secondary N) is 1. The molecular formula is C22H21FN4OS. The SMILES string of the molecule is O=c1c2[nH]c3ccccc3c2nc(SCCN2CCCC2)n1-c1ccccc1F. The number of likely N-dealkylation sites (tertiary alicyclic amines) is 1. The number of aromatic nitrogens is 3. The van der Waals surface area contributed by atoms with Crippen LogP contribution in [0.1, 0.15) is 12.8 Å². The normalized spacial score (nSPS) is 14.9. The summed E-state index contributed by atoms with van der Waals surface area (Å²) >= 11 is 1.51. The molecule has 0 amide bonds. The Morgan fingerprint density at radius 3 is 2.66 bits per heavy atom. The molecule has 0 bridgehead atoms. The molecule has 0 unspecified atom stereocenters. The van der Waals surface area contributed by atoms with Crippen molar-refractivity contribution in [3.63, 3.8) is 0 Å². The third-order valence-corrected chi connectivity index (χ3v) is 6.34. The molecule has 0 aliphatic carbocycles. The van der Waals surface area contributed by atoms with E-state index in [1.54, 1.807) is 18.2 Å². The lowest BCUT2D eigenvalue weighted by Gasteiger charge is -2.16. The van der Waals surface area contributed by atoms with Crippen LogP contribution in [0.4, 0.5) is 4.39 Å². The van der Waals surface area contributed by atoms with Crippen LogP contribution in [0.2, 0.25) is 0 Å². The number of hydrogen-bond donors (Lipinski definition) is 1. The molecule has 5 rings (SSSR count). The summed E-state index contributed by atoms with van der Waals surface area (Å²) in [7, 11) is 0. The van der Waals surface area contributed by atoms with Gasteiger partial charge in [0.25, 0.3) is 5.56 Å². The number of thioether (sulfide) groups is 1. The van der Waals surface area contributed by atoms with E-state index in [4.69, 9.17) is 4.98 Å². The van der Waals surface area contributed by atoms with Crippen LogP contribution in [0, 0.1) is 5.82 Å². The van der Waals surface area contributed by atoms with E-state index in [2.05, 4.69) is 9.88 Å². The first-order valence-corrected chi connectivity index (χ1v) is 10.8. The summed E-state index contributed by atoms with van der Waals surface area (Å²) in [6, 6.07) is 14.1. The standard InChI is InChI=1S/C22H21FN4OS/c23-16-8-2-4-10-18(16)27-21(28)20-19(15-7-1-3-9-17(15)24-20)25-22(27)29-14-13-26-11-5-6-12-26/h1-4,7-10,24H,5-6,11-14H2. The number of hydrogen-bond acceptors (Lipinski definition) is 4. The Morgan fingerprint density at radius 2 is 1.83 bits per heavy atom. The van der Waals surface area contributed by atoms with E-state index in [1.807, 2.05) is 24.3 Å². The smallest absolute Gasteiger partial charge is 0.283 e. The van der Waals surface area contributed by atoms with E-state index in [1.165, 1.54) is 35.2 Å². The number of rotatable bonds is 5. The Kier molecular flexibility index (Phi) is 4.85. The molecule has 1 aliphatic rings. The zero-order valence-electron chi connectivity index (χ0n) is 15.9. The molecule has 148 valence electrons. The summed E-state index contributed by atoms with van der Waals surface area (Å²) in [6.07, 6.45) is 2.48. The van der Waals surface area contributed by atoms with E-state index in [0.717, 1.165) is 36.3 Å². The lowest BCUT2D eigenvalue weighted by atomic mass is 10.2. The quantitative estimate of drug-likeness (QED) is 0.397. The predicted octanol–water partition coefficient (Wildman–Crippen LogP) is 4.19. The van der Waals surface area contributed by atoms with Gasteiger partial charge in [0.1, 0.15) is 16.9 Å². The van der Waals surface area contributed by atoms with Gasteiger partial charge in [-0.3, -0.25) is 9.36 Å². The Bertz CT molecular complexity index is 1240. The highest BCUT2D eigenvalue weighted by molar-refractivity contribution is 7.99. The van der Waals surface area contributed by atoms with Gasteiger partial charge in [0.15, 0.2) is 5.16 Å². The van der Waals surface area contributed by atoms with Crippen molar-refractivity contribution in [2.75, 3.05) is 25.4 Å². The van der Waals surface area contributed by atoms with Crippen molar-refractivity contribution in [2.24, 2.45) is 0 Å². The van der Waals surface area contributed by atoms with Crippen LogP contribution in [-0.2, 0) is 0 Å². The average molecular weight is 409 g/mol. The Morgan fingerprint density at radius 1 is 1.07 bits per heavy atom. The minimum absolute atomic E-state index is 0.231. The monoisotopic (exact) mass is 408 g/mol. The van der Waals surface area contributed by atoms with E-state index in [-0.39, 0.29) is 11.2 Å². The number of benzene rings is 2. The van der Waals surface area contributed by atoms with Crippen molar-refractivity contribution < 1.29 is 4.39 Å². The highest BCUT2D eigenvalue weighted by Gasteiger charge is 2.19. The lowest BCUT2D eigenvalue weighted by molar-refractivity contribution is 0.362. The second-order valence-electron chi connectivity index (χ2n) is 7.28. The first kappa shape index (κ1) is 18.4. The van der Waals surface area contributed by atoms with Crippen molar-refractivity contribution >= 4 is 33.7 Å². The van der Waals surface area contributed by atoms with Gasteiger partial charge in [-0.25, -0.2) is 9.37 Å². The molecule has 2 aromatic heterocycles. The van der Waals surface area contributed by atoms with Gasteiger partial charge >= 0.3 is 0 Å². The molecule has 0 spiro atoms. The van der Waals surface area contributed by atoms with Crippen LogP contribution in [0.3, 0.4) is 0 Å². The van der Waals surface area contributed by atoms with Gasteiger partial charge in [-0.1, -0.05) is 42.1 Å². The first-order chi connectivity index (χ1) is 14.2. The van der Waals surface area contributed by atoms with E-state index < -0.39 is 5.82 Å². The number of H-pyrrole nitrogens is 1. The summed E-state index contributed by atoms with van der Waals surface area (Å²) in [6.45, 7) is 3.18. The van der Waals surface area contributed by atoms with Gasteiger partial charge in [-0.2, -0.15) is 0 Å². The fraction of sp³-hybridized carbons (Fsp3) is 0.273. The third-order valence-electron chi connectivity index (χ3n) is 5.43. The molecule has 0 atom stereocenters. The van der Waals surface area contributed by atoms with Crippen molar-refractivity contribution in [3.05, 3.63) is 64.7 Å². The summed E-state index contributed by atoms with van der Waals surface area (Å²) in [5.41, 5.74) is 1.85. The first-order valence-electron chi connectivity index (χ1n) is 9.86. The number of halogens is 1. The summed E-state index contributed by atoms with van der Waals surface area (Å²) in [5.74, 6) is 0.364. The zero-order valence-corrected chi connectivity index (χ0v) is 16.7. The highest BCUT2D eigenvalue weighted by Crippen LogP contribution is 2.27. The Balaban J connectivity index is 1.65. The van der Waals surface area contributed by atoms with Gasteiger partial charge in [-0.05, 0) is 44.1 Å². The molecule has 7 heteroatoms. The molecule has 3 heterocycles. The molecule has 0 saturated carbocycles. The van der Waals surface area contributed by atoms with Crippen LogP contribution in [0.15, 0.2) is 58.5 Å². The Labute approximate surface area is 171 Å². The second-order valence-corrected chi connectivity index (χ2v) is 8.34. The maximum Gasteiger partial charge on any atom is 0.283 e. The molecule has 5 nitrogen and oxygen atoms in total. The van der Waals surface area contributed by atoms with Gasteiger partial charge < -0.3 is 9.88 Å². The fourth-order valence-corrected chi connectivity index (χ4v) is 4.96. The van der Waals surface area contributed by atoms with Crippen LogP contribution >= 0.6 is 11.8 Å². The molecule has 0 radical (unpaired) electrons. The predicted molar refractivity (Wildman–Crippen MR) is 116 cm³/mol. The van der Waals surface area contributed by atoms with Crippen LogP contribution in [-0.4, -0.2) is 44.8 Å². The fourth-order valence-electron chi connectivity index (χ4n) is 3.96. The molecule has 1 fully saturated rings. The third kappa shape index (κ3) is 3.34. The van der Waals surface area contributed by atoms with Gasteiger partial charge in [0.05, 0.1) is 5.69 Å². The maximum atomic E-state index is 14.6. The minimum atomic E-state index is -0.437. The minimum Gasteiger partial charge on any atom is -0.349 e. The van der Waals surface area contributed by atoms with Gasteiger partial charge in [0.2, 0.25) is 0 Å². The van der Waals surface area contributed by atoms with E-state index in [9.17, 15) is 9.18 Å². The number of aromatic amines is 1. The summed E-state index contributed by atoms with van der Waals surface area (Å²) in [4.78, 5) is 23.8. The topological polar surface area (TPSA) is 53.9 Å². The van der Waals surface area contributed by atoms with Crippen molar-refractivity contribution in [2.45, 2.75) is 18.0 Å². The summed E-state index contributed by atoms with van der Waals surface area (Å²) in [5, 5.41) is 1.43. The average Bonchev–Trinajstić information content (AvgIpc) is 3.37. The number of para-hydroxylation sites is 2. The van der Waals surface area contributed by atoms with Gasteiger partial charge in [-0.15, -0.1) is 0 Å². The zero-order chi connectivity index (χ0) is 19.8. The van der Waals surface area contributed by atoms with E-state index >= 15 is 0 Å². The molecule has 1 saturated heterocycles. The highest BCUT2D eigenvalue weighted by atomic mass is 32.2. The molecule has 4 aromatic rings. The molecular weight excluding hydrogens is 387 g/mol. The van der Waals surface area contributed by atoms with Crippen LogP contribution < -0.4 is 5.56 Å². The Hall–Kier alpha value is -2.64. The maximum absolute atomic E-state index is 14.6. The lowest BCUT2D eigenvalue weighted by Crippen LogP contribution is -2.24. The molecule has 1 aliphatic heterocycles. The molecule has 2 aromatic carbocycles. The summed E-state index contributed by atoms with van der Waals surface area (Å²) < 4.78 is 16.0. The molecule has 29 heavy (non-hydrogen) atoms. The molecule has 1 N–H and O–H groups in total. The van der Waals surface area contributed by atoms with Crippen molar-refractivity contribution in [1.82, 2.24) is 19.4 Å². The van der Waals surface area contributed by atoms with Gasteiger partial charge in [0, 0.05) is 23.2 Å². The van der Waals surface area contributed by atoms with E-state index in [0.29, 0.717) is 16.2 Å². The van der Waals surface area contributed by atoms with Crippen LogP contribution in [0.5, 0.6) is 0 Å². The largest absolute Gasteiger partial charge is 0.349 e.